The maximum absolute atomic E-state index is 12.5. The Morgan fingerprint density at radius 3 is 2.35 bits per heavy atom. The van der Waals surface area contributed by atoms with Crippen molar-refractivity contribution in [2.75, 3.05) is 6.54 Å². The molecule has 0 spiro atoms. The summed E-state index contributed by atoms with van der Waals surface area (Å²) in [5, 5.41) is 3.30. The fraction of sp³-hybridized carbons (Fsp3) is 0.941. The van der Waals surface area contributed by atoms with Gasteiger partial charge in [0.05, 0.1) is 5.92 Å². The summed E-state index contributed by atoms with van der Waals surface area (Å²) in [6, 6.07) is 0.352. The zero-order chi connectivity index (χ0) is 15.3. The summed E-state index contributed by atoms with van der Waals surface area (Å²) in [5.74, 6) is 1.38. The smallest absolute Gasteiger partial charge is 0.224 e. The number of carbonyl (C=O) groups is 1. The molecule has 1 amide bonds. The molecule has 20 heavy (non-hydrogen) atoms. The van der Waals surface area contributed by atoms with E-state index in [0.29, 0.717) is 24.4 Å². The van der Waals surface area contributed by atoms with Crippen LogP contribution in [-0.4, -0.2) is 18.5 Å². The predicted octanol–water partition coefficient (Wildman–Crippen LogP) is 3.33. The van der Waals surface area contributed by atoms with E-state index in [0.717, 1.165) is 12.8 Å². The standard InChI is InChI=1S/C17H34N2O/c1-12(2)14-8-6-7-9-15(14)19-16(20)13(11-18)10-17(3,4)5/h12-15H,6-11,18H2,1-5H3,(H,19,20). The zero-order valence-electron chi connectivity index (χ0n) is 14.0. The summed E-state index contributed by atoms with van der Waals surface area (Å²) in [4.78, 5) is 12.5. The first kappa shape index (κ1) is 17.5. The number of rotatable bonds is 5. The molecule has 0 aliphatic heterocycles. The summed E-state index contributed by atoms with van der Waals surface area (Å²) in [7, 11) is 0. The molecule has 0 bridgehead atoms. The number of hydrogen-bond acceptors (Lipinski definition) is 2. The fourth-order valence-electron chi connectivity index (χ4n) is 3.46. The van der Waals surface area contributed by atoms with Crippen LogP contribution in [0.5, 0.6) is 0 Å². The normalized spacial score (nSPS) is 25.6. The van der Waals surface area contributed by atoms with Crippen LogP contribution in [0.25, 0.3) is 0 Å². The van der Waals surface area contributed by atoms with Gasteiger partial charge in [-0.1, -0.05) is 47.5 Å². The highest BCUT2D eigenvalue weighted by atomic mass is 16.2. The molecule has 1 fully saturated rings. The van der Waals surface area contributed by atoms with E-state index in [-0.39, 0.29) is 17.2 Å². The Labute approximate surface area is 125 Å². The van der Waals surface area contributed by atoms with Gasteiger partial charge in [0.15, 0.2) is 0 Å². The number of carbonyl (C=O) groups excluding carboxylic acids is 1. The molecule has 0 saturated heterocycles. The fourth-order valence-corrected chi connectivity index (χ4v) is 3.46. The maximum Gasteiger partial charge on any atom is 0.224 e. The third-order valence-electron chi connectivity index (χ3n) is 4.52. The van der Waals surface area contributed by atoms with Crippen molar-refractivity contribution in [2.45, 2.75) is 72.8 Å². The lowest BCUT2D eigenvalue weighted by Gasteiger charge is -2.36. The largest absolute Gasteiger partial charge is 0.353 e. The van der Waals surface area contributed by atoms with Crippen LogP contribution in [-0.2, 0) is 4.79 Å². The molecule has 3 atom stereocenters. The van der Waals surface area contributed by atoms with Gasteiger partial charge in [-0.05, 0) is 36.5 Å². The van der Waals surface area contributed by atoms with E-state index < -0.39 is 0 Å². The molecule has 3 nitrogen and oxygen atoms in total. The minimum atomic E-state index is -0.0512. The molecule has 0 heterocycles. The van der Waals surface area contributed by atoms with Crippen LogP contribution in [0.15, 0.2) is 0 Å². The van der Waals surface area contributed by atoms with Gasteiger partial charge in [0.1, 0.15) is 0 Å². The molecule has 3 heteroatoms. The van der Waals surface area contributed by atoms with Gasteiger partial charge in [0, 0.05) is 12.6 Å². The van der Waals surface area contributed by atoms with E-state index in [1.54, 1.807) is 0 Å². The van der Waals surface area contributed by atoms with Gasteiger partial charge in [0.25, 0.3) is 0 Å². The van der Waals surface area contributed by atoms with Gasteiger partial charge in [-0.15, -0.1) is 0 Å². The maximum atomic E-state index is 12.5. The van der Waals surface area contributed by atoms with Crippen LogP contribution >= 0.6 is 0 Å². The SMILES string of the molecule is CC(C)C1CCCCC1NC(=O)C(CN)CC(C)(C)C. The van der Waals surface area contributed by atoms with Gasteiger partial charge in [-0.2, -0.15) is 0 Å². The molecule has 0 radical (unpaired) electrons. The second-order valence-electron chi connectivity index (χ2n) is 8.00. The van der Waals surface area contributed by atoms with Crippen LogP contribution < -0.4 is 11.1 Å². The quantitative estimate of drug-likeness (QED) is 0.812. The summed E-state index contributed by atoms with van der Waals surface area (Å²) in [6.07, 6.45) is 5.77. The van der Waals surface area contributed by atoms with E-state index in [9.17, 15) is 4.79 Å². The number of hydrogen-bond donors (Lipinski definition) is 2. The molecule has 3 unspecified atom stereocenters. The lowest BCUT2D eigenvalue weighted by molar-refractivity contribution is -0.127. The van der Waals surface area contributed by atoms with Gasteiger partial charge in [-0.3, -0.25) is 4.79 Å². The Bertz CT molecular complexity index is 307. The summed E-state index contributed by atoms with van der Waals surface area (Å²) >= 11 is 0. The van der Waals surface area contributed by atoms with E-state index >= 15 is 0 Å². The van der Waals surface area contributed by atoms with Crippen LogP contribution in [0.4, 0.5) is 0 Å². The van der Waals surface area contributed by atoms with Crippen molar-refractivity contribution < 1.29 is 4.79 Å². The number of nitrogens with one attached hydrogen (secondary N) is 1. The Kier molecular flexibility index (Phi) is 6.50. The van der Waals surface area contributed by atoms with Gasteiger partial charge in [0.2, 0.25) is 5.91 Å². The third-order valence-corrected chi connectivity index (χ3v) is 4.52. The Hall–Kier alpha value is -0.570. The lowest BCUT2D eigenvalue weighted by atomic mass is 9.77. The summed E-state index contributed by atoms with van der Waals surface area (Å²) in [6.45, 7) is 11.5. The zero-order valence-corrected chi connectivity index (χ0v) is 14.0. The lowest BCUT2D eigenvalue weighted by Crippen LogP contribution is -2.47. The van der Waals surface area contributed by atoms with Gasteiger partial charge < -0.3 is 11.1 Å². The first-order valence-corrected chi connectivity index (χ1v) is 8.25. The summed E-state index contributed by atoms with van der Waals surface area (Å²) < 4.78 is 0. The molecule has 0 aromatic carbocycles. The highest BCUT2D eigenvalue weighted by molar-refractivity contribution is 5.79. The highest BCUT2D eigenvalue weighted by Crippen LogP contribution is 2.31. The monoisotopic (exact) mass is 282 g/mol. The first-order chi connectivity index (χ1) is 9.24. The van der Waals surface area contributed by atoms with Crippen molar-refractivity contribution in [3.63, 3.8) is 0 Å². The van der Waals surface area contributed by atoms with Crippen molar-refractivity contribution in [3.05, 3.63) is 0 Å². The first-order valence-electron chi connectivity index (χ1n) is 8.25. The molecule has 1 aliphatic rings. The molecule has 1 saturated carbocycles. The van der Waals surface area contributed by atoms with Crippen molar-refractivity contribution in [3.8, 4) is 0 Å². The second-order valence-corrected chi connectivity index (χ2v) is 8.00. The molecule has 0 aromatic heterocycles. The van der Waals surface area contributed by atoms with Crippen molar-refractivity contribution in [2.24, 2.45) is 28.9 Å². The number of amides is 1. The van der Waals surface area contributed by atoms with Gasteiger partial charge >= 0.3 is 0 Å². The average Bonchev–Trinajstić information content (AvgIpc) is 2.35. The molecule has 3 N–H and O–H groups in total. The van der Waals surface area contributed by atoms with Crippen molar-refractivity contribution >= 4 is 5.91 Å². The summed E-state index contributed by atoms with van der Waals surface area (Å²) in [5.41, 5.74) is 5.96. The third kappa shape index (κ3) is 5.43. The second kappa shape index (κ2) is 7.44. The molecule has 118 valence electrons. The van der Waals surface area contributed by atoms with Crippen molar-refractivity contribution in [1.29, 1.82) is 0 Å². The Morgan fingerprint density at radius 1 is 1.25 bits per heavy atom. The van der Waals surface area contributed by atoms with Crippen LogP contribution in [0.2, 0.25) is 0 Å². The van der Waals surface area contributed by atoms with Crippen molar-refractivity contribution in [1.82, 2.24) is 5.32 Å². The van der Waals surface area contributed by atoms with Crippen LogP contribution in [0, 0.1) is 23.2 Å². The van der Waals surface area contributed by atoms with E-state index in [2.05, 4.69) is 39.9 Å². The van der Waals surface area contributed by atoms with E-state index in [1.165, 1.54) is 19.3 Å². The van der Waals surface area contributed by atoms with E-state index in [4.69, 9.17) is 5.73 Å². The Balaban J connectivity index is 2.62. The topological polar surface area (TPSA) is 55.1 Å². The molecule has 0 aromatic rings. The molecule has 1 aliphatic carbocycles. The molecular weight excluding hydrogens is 248 g/mol. The highest BCUT2D eigenvalue weighted by Gasteiger charge is 2.31. The predicted molar refractivity (Wildman–Crippen MR) is 85.3 cm³/mol. The molecular formula is C17H34N2O. The van der Waals surface area contributed by atoms with Crippen LogP contribution in [0.1, 0.15) is 66.7 Å². The minimum absolute atomic E-state index is 0.0512. The number of nitrogens with two attached hydrogens (primary N) is 1. The van der Waals surface area contributed by atoms with E-state index in [1.807, 2.05) is 0 Å². The van der Waals surface area contributed by atoms with Crippen LogP contribution in [0.3, 0.4) is 0 Å². The molecule has 1 rings (SSSR count). The Morgan fingerprint density at radius 2 is 1.85 bits per heavy atom. The van der Waals surface area contributed by atoms with Gasteiger partial charge in [-0.25, -0.2) is 0 Å². The average molecular weight is 282 g/mol. The minimum Gasteiger partial charge on any atom is -0.353 e.